The lowest BCUT2D eigenvalue weighted by atomic mass is 9.54. The number of hydrogen-bond donors (Lipinski definition) is 0. The summed E-state index contributed by atoms with van der Waals surface area (Å²) in [6, 6.07) is 1.66. The van der Waals surface area contributed by atoms with Crippen LogP contribution in [0.15, 0.2) is 18.5 Å². The molecule has 1 aromatic rings. The minimum atomic E-state index is -0.353. The fourth-order valence-electron chi connectivity index (χ4n) is 6.43. The van der Waals surface area contributed by atoms with Gasteiger partial charge in [0.15, 0.2) is 0 Å². The molecule has 146 valence electrons. The lowest BCUT2D eigenvalue weighted by Gasteiger charge is -2.55. The minimum absolute atomic E-state index is 0.0218. The molecule has 6 rings (SSSR count). The molecule has 5 aliphatic rings. The zero-order valence-corrected chi connectivity index (χ0v) is 15.9. The topological polar surface area (TPSA) is 57.5 Å². The number of aromatic nitrogens is 1. The van der Waals surface area contributed by atoms with Gasteiger partial charge in [0.05, 0.1) is 5.56 Å². The number of rotatable bonds is 3. The average molecular weight is 371 g/mol. The van der Waals surface area contributed by atoms with Crippen LogP contribution in [0.25, 0.3) is 0 Å². The van der Waals surface area contributed by atoms with Crippen LogP contribution in [0.3, 0.4) is 0 Å². The second kappa shape index (κ2) is 6.68. The van der Waals surface area contributed by atoms with Crippen LogP contribution in [0, 0.1) is 17.8 Å². The largest absolute Gasteiger partial charge is 0.459 e. The summed E-state index contributed by atoms with van der Waals surface area (Å²) >= 11 is 0. The normalized spacial score (nSPS) is 35.2. The van der Waals surface area contributed by atoms with Crippen LogP contribution in [-0.4, -0.2) is 28.3 Å². The Kier molecular flexibility index (Phi) is 4.29. The Morgan fingerprint density at radius 1 is 0.963 bits per heavy atom. The molecular formula is C22H29NO4. The first-order chi connectivity index (χ1) is 13.1. The molecule has 0 amide bonds. The molecule has 0 saturated heterocycles. The quantitative estimate of drug-likeness (QED) is 0.707. The summed E-state index contributed by atoms with van der Waals surface area (Å²) in [5, 5.41) is 0. The predicted molar refractivity (Wildman–Crippen MR) is 99.5 cm³/mol. The Bertz CT molecular complexity index is 695. The number of ether oxygens (including phenoxy) is 2. The third-order valence-electron chi connectivity index (χ3n) is 7.25. The van der Waals surface area contributed by atoms with E-state index in [-0.39, 0.29) is 23.8 Å². The maximum Gasteiger partial charge on any atom is 0.418 e. The summed E-state index contributed by atoms with van der Waals surface area (Å²) in [6.45, 7) is 0. The molecule has 1 heterocycles. The van der Waals surface area contributed by atoms with Gasteiger partial charge in [-0.2, -0.15) is 0 Å². The van der Waals surface area contributed by atoms with Gasteiger partial charge in [0.25, 0.3) is 0 Å². The number of carbonyl (C=O) groups excluding carboxylic acids is 2. The van der Waals surface area contributed by atoms with E-state index in [0.29, 0.717) is 5.56 Å². The van der Waals surface area contributed by atoms with E-state index in [2.05, 4.69) is 0 Å². The van der Waals surface area contributed by atoms with Crippen LogP contribution >= 0.6 is 0 Å². The molecule has 5 saturated carbocycles. The van der Waals surface area contributed by atoms with Gasteiger partial charge in [-0.05, 0) is 88.0 Å². The molecule has 5 aliphatic carbocycles. The molecule has 4 bridgehead atoms. The Morgan fingerprint density at radius 3 is 2.22 bits per heavy atom. The standard InChI is InChI=1S/C22H29NO4/c24-20(26-19-4-2-1-3-5-19)18-6-7-23(14-18)21(25)27-22-11-15-8-16(12-22)10-17(9-15)13-22/h6-7,14-17,19H,1-5,8-13H2. The lowest BCUT2D eigenvalue weighted by Crippen LogP contribution is -2.53. The monoisotopic (exact) mass is 371 g/mol. The van der Waals surface area contributed by atoms with E-state index in [1.165, 1.54) is 30.3 Å². The Labute approximate surface area is 160 Å². The van der Waals surface area contributed by atoms with E-state index < -0.39 is 0 Å². The van der Waals surface area contributed by atoms with Crippen molar-refractivity contribution in [2.75, 3.05) is 0 Å². The SMILES string of the molecule is O=C(OC1CCCCC1)c1ccn(C(=O)OC23CC4CC(CC(C4)C2)C3)c1. The second-order valence-corrected chi connectivity index (χ2v) is 9.44. The van der Waals surface area contributed by atoms with Gasteiger partial charge >= 0.3 is 12.1 Å². The Morgan fingerprint density at radius 2 is 1.59 bits per heavy atom. The zero-order valence-electron chi connectivity index (χ0n) is 15.9. The van der Waals surface area contributed by atoms with Gasteiger partial charge in [0, 0.05) is 12.4 Å². The summed E-state index contributed by atoms with van der Waals surface area (Å²) in [4.78, 5) is 25.1. The highest BCUT2D eigenvalue weighted by atomic mass is 16.6. The smallest absolute Gasteiger partial charge is 0.418 e. The first kappa shape index (κ1) is 17.3. The van der Waals surface area contributed by atoms with E-state index >= 15 is 0 Å². The van der Waals surface area contributed by atoms with Crippen LogP contribution in [0.1, 0.15) is 81.0 Å². The van der Waals surface area contributed by atoms with E-state index in [9.17, 15) is 9.59 Å². The summed E-state index contributed by atoms with van der Waals surface area (Å²) in [5.41, 5.74) is 0.168. The fraction of sp³-hybridized carbons (Fsp3) is 0.727. The van der Waals surface area contributed by atoms with Gasteiger partial charge in [0.1, 0.15) is 11.7 Å². The molecule has 27 heavy (non-hydrogen) atoms. The van der Waals surface area contributed by atoms with Crippen molar-refractivity contribution >= 4 is 12.1 Å². The molecule has 0 aliphatic heterocycles. The summed E-state index contributed by atoms with van der Waals surface area (Å²) in [6.07, 6.45) is 15.2. The minimum Gasteiger partial charge on any atom is -0.459 e. The lowest BCUT2D eigenvalue weighted by molar-refractivity contribution is -0.127. The van der Waals surface area contributed by atoms with Crippen LogP contribution in [0.4, 0.5) is 4.79 Å². The Balaban J connectivity index is 1.23. The first-order valence-electron chi connectivity index (χ1n) is 10.7. The van der Waals surface area contributed by atoms with Crippen LogP contribution in [0.2, 0.25) is 0 Å². The highest BCUT2D eigenvalue weighted by Gasteiger charge is 2.53. The van der Waals surface area contributed by atoms with Crippen molar-refractivity contribution in [3.05, 3.63) is 24.0 Å². The molecule has 1 aromatic heterocycles. The van der Waals surface area contributed by atoms with Gasteiger partial charge < -0.3 is 9.47 Å². The predicted octanol–water partition coefficient (Wildman–Crippen LogP) is 4.93. The highest BCUT2D eigenvalue weighted by molar-refractivity contribution is 5.90. The third-order valence-corrected chi connectivity index (χ3v) is 7.25. The van der Waals surface area contributed by atoms with E-state index in [1.807, 2.05) is 0 Å². The van der Waals surface area contributed by atoms with Gasteiger partial charge in [-0.1, -0.05) is 6.42 Å². The van der Waals surface area contributed by atoms with E-state index in [4.69, 9.17) is 9.47 Å². The molecule has 0 N–H and O–H groups in total. The van der Waals surface area contributed by atoms with Crippen molar-refractivity contribution in [3.63, 3.8) is 0 Å². The van der Waals surface area contributed by atoms with Crippen molar-refractivity contribution < 1.29 is 19.1 Å². The van der Waals surface area contributed by atoms with Crippen molar-refractivity contribution in [2.24, 2.45) is 17.8 Å². The molecule has 0 atom stereocenters. The second-order valence-electron chi connectivity index (χ2n) is 9.44. The van der Waals surface area contributed by atoms with Crippen molar-refractivity contribution in [1.82, 2.24) is 4.57 Å². The van der Waals surface area contributed by atoms with Crippen LogP contribution < -0.4 is 0 Å². The maximum absolute atomic E-state index is 12.7. The zero-order chi connectivity index (χ0) is 18.4. The first-order valence-corrected chi connectivity index (χ1v) is 10.7. The fourth-order valence-corrected chi connectivity index (χ4v) is 6.43. The maximum atomic E-state index is 12.7. The average Bonchev–Trinajstić information content (AvgIpc) is 3.11. The van der Waals surface area contributed by atoms with Crippen LogP contribution in [-0.2, 0) is 9.47 Å². The summed E-state index contributed by atoms with van der Waals surface area (Å²) in [7, 11) is 0. The Hall–Kier alpha value is -1.78. The molecule has 5 nitrogen and oxygen atoms in total. The molecule has 5 fully saturated rings. The summed E-state index contributed by atoms with van der Waals surface area (Å²) < 4.78 is 13.1. The van der Waals surface area contributed by atoms with Gasteiger partial charge in [0.2, 0.25) is 0 Å². The van der Waals surface area contributed by atoms with Gasteiger partial charge in [-0.25, -0.2) is 9.59 Å². The van der Waals surface area contributed by atoms with Gasteiger partial charge in [-0.15, -0.1) is 0 Å². The molecule has 0 radical (unpaired) electrons. The number of carbonyl (C=O) groups is 2. The third kappa shape index (κ3) is 3.41. The molecule has 0 spiro atoms. The number of nitrogens with zero attached hydrogens (tertiary/aromatic N) is 1. The van der Waals surface area contributed by atoms with Gasteiger partial charge in [-0.3, -0.25) is 4.57 Å². The van der Waals surface area contributed by atoms with Crippen molar-refractivity contribution in [1.29, 1.82) is 0 Å². The van der Waals surface area contributed by atoms with Crippen LogP contribution in [0.5, 0.6) is 0 Å². The highest BCUT2D eigenvalue weighted by Crippen LogP contribution is 2.57. The van der Waals surface area contributed by atoms with Crippen molar-refractivity contribution in [2.45, 2.75) is 82.3 Å². The molecule has 0 unspecified atom stereocenters. The number of hydrogen-bond acceptors (Lipinski definition) is 4. The molecule has 5 heteroatoms. The number of esters is 1. The summed E-state index contributed by atoms with van der Waals surface area (Å²) in [5.74, 6) is 1.86. The van der Waals surface area contributed by atoms with E-state index in [0.717, 1.165) is 62.7 Å². The molecular weight excluding hydrogens is 342 g/mol. The van der Waals surface area contributed by atoms with E-state index in [1.54, 1.807) is 18.5 Å². The molecule has 0 aromatic carbocycles. The van der Waals surface area contributed by atoms with Crippen molar-refractivity contribution in [3.8, 4) is 0 Å².